The number of nitrogens with one attached hydrogen (secondary N) is 1. The topological polar surface area (TPSA) is 60.1 Å². The highest BCUT2D eigenvalue weighted by molar-refractivity contribution is 5.80. The molecule has 1 aromatic heterocycles. The van der Waals surface area contributed by atoms with Crippen molar-refractivity contribution in [1.82, 2.24) is 25.2 Å². The van der Waals surface area contributed by atoms with Gasteiger partial charge in [0.2, 0.25) is 0 Å². The third-order valence-corrected chi connectivity index (χ3v) is 5.45. The number of piperazine rings is 1. The Hall–Kier alpha value is -1.60. The highest BCUT2D eigenvalue weighted by Crippen LogP contribution is 2.12. The molecule has 2 saturated heterocycles. The van der Waals surface area contributed by atoms with Crippen LogP contribution in [-0.2, 0) is 6.54 Å². The van der Waals surface area contributed by atoms with Crippen LogP contribution >= 0.6 is 0 Å². The lowest BCUT2D eigenvalue weighted by Crippen LogP contribution is -2.52. The zero-order valence-electron chi connectivity index (χ0n) is 17.1. The van der Waals surface area contributed by atoms with Crippen molar-refractivity contribution in [2.45, 2.75) is 39.7 Å². The Morgan fingerprint density at radius 1 is 1.15 bits per heavy atom. The van der Waals surface area contributed by atoms with E-state index >= 15 is 0 Å². The first kappa shape index (κ1) is 20.1. The summed E-state index contributed by atoms with van der Waals surface area (Å²) in [7, 11) is 0. The summed E-state index contributed by atoms with van der Waals surface area (Å²) < 4.78 is 4.94. The summed E-state index contributed by atoms with van der Waals surface area (Å²) in [6.07, 6.45) is 5.76. The van der Waals surface area contributed by atoms with E-state index in [4.69, 9.17) is 9.52 Å². The van der Waals surface area contributed by atoms with Crippen LogP contribution in [0.15, 0.2) is 21.8 Å². The van der Waals surface area contributed by atoms with Crippen molar-refractivity contribution >= 4 is 5.96 Å². The Labute approximate surface area is 163 Å². The molecule has 0 amide bonds. The first-order valence-corrected chi connectivity index (χ1v) is 10.6. The van der Waals surface area contributed by atoms with Gasteiger partial charge in [-0.05, 0) is 38.8 Å². The third kappa shape index (κ3) is 6.50. The van der Waals surface area contributed by atoms with Gasteiger partial charge in [-0.3, -0.25) is 9.89 Å². The molecule has 2 aliphatic heterocycles. The predicted octanol–water partition coefficient (Wildman–Crippen LogP) is 1.88. The van der Waals surface area contributed by atoms with E-state index in [0.29, 0.717) is 5.92 Å². The Morgan fingerprint density at radius 3 is 2.59 bits per heavy atom. The minimum atomic E-state index is 0.602. The van der Waals surface area contributed by atoms with Crippen LogP contribution in [0.25, 0.3) is 0 Å². The van der Waals surface area contributed by atoms with Crippen molar-refractivity contribution < 1.29 is 4.52 Å². The molecule has 7 nitrogen and oxygen atoms in total. The second-order valence-corrected chi connectivity index (χ2v) is 7.92. The number of rotatable bonds is 7. The summed E-state index contributed by atoms with van der Waals surface area (Å²) in [5.41, 5.74) is 1.01. The molecule has 3 heterocycles. The van der Waals surface area contributed by atoms with Crippen LogP contribution in [0.5, 0.6) is 0 Å². The maximum absolute atomic E-state index is 4.96. The second kappa shape index (κ2) is 10.7. The maximum atomic E-state index is 4.96. The zero-order chi connectivity index (χ0) is 18.9. The number of nitrogens with zero attached hydrogens (tertiary/aromatic N) is 5. The molecule has 0 saturated carbocycles. The summed E-state index contributed by atoms with van der Waals surface area (Å²) in [6.45, 7) is 14.9. The highest BCUT2D eigenvalue weighted by Gasteiger charge is 2.21. The first-order chi connectivity index (χ1) is 13.2. The molecule has 2 aliphatic rings. The summed E-state index contributed by atoms with van der Waals surface area (Å²) in [5, 5.41) is 7.51. The second-order valence-electron chi connectivity index (χ2n) is 7.92. The number of piperidine rings is 1. The van der Waals surface area contributed by atoms with Crippen molar-refractivity contribution in [3.63, 3.8) is 0 Å². The van der Waals surface area contributed by atoms with Crippen molar-refractivity contribution in [2.24, 2.45) is 10.9 Å². The van der Waals surface area contributed by atoms with Gasteiger partial charge in [-0.2, -0.15) is 0 Å². The fourth-order valence-electron chi connectivity index (χ4n) is 3.97. The van der Waals surface area contributed by atoms with E-state index in [1.807, 2.05) is 6.07 Å². The van der Waals surface area contributed by atoms with Gasteiger partial charge in [0.1, 0.15) is 6.26 Å². The van der Waals surface area contributed by atoms with Crippen molar-refractivity contribution in [3.05, 3.63) is 18.0 Å². The molecule has 7 heteroatoms. The van der Waals surface area contributed by atoms with E-state index in [9.17, 15) is 0 Å². The minimum Gasteiger partial charge on any atom is -0.364 e. The van der Waals surface area contributed by atoms with Gasteiger partial charge in [0.05, 0.1) is 5.69 Å². The number of aromatic nitrogens is 1. The number of aliphatic imine (C=N–C) groups is 1. The number of likely N-dealkylation sites (tertiary alicyclic amines) is 1. The molecule has 0 aliphatic carbocycles. The number of hydrogen-bond acceptors (Lipinski definition) is 5. The molecule has 1 unspecified atom stereocenters. The lowest BCUT2D eigenvalue weighted by Gasteiger charge is -2.36. The van der Waals surface area contributed by atoms with Crippen LogP contribution in [0.3, 0.4) is 0 Å². The van der Waals surface area contributed by atoms with Gasteiger partial charge in [-0.25, -0.2) is 0 Å². The molecular formula is C20H36N6O. The molecule has 0 radical (unpaired) electrons. The Balaban J connectivity index is 1.45. The summed E-state index contributed by atoms with van der Waals surface area (Å²) >= 11 is 0. The van der Waals surface area contributed by atoms with E-state index in [0.717, 1.165) is 57.5 Å². The quantitative estimate of drug-likeness (QED) is 0.579. The van der Waals surface area contributed by atoms with Gasteiger partial charge >= 0.3 is 0 Å². The molecule has 152 valence electrons. The number of guanidine groups is 1. The van der Waals surface area contributed by atoms with Gasteiger partial charge in [-0.1, -0.05) is 18.5 Å². The molecular weight excluding hydrogens is 340 g/mol. The SMILES string of the molecule is CCNC(=NCC(C)CN1CCCCC1)N1CCN(Cc2ccon2)CC1. The molecule has 3 rings (SSSR count). The fourth-order valence-corrected chi connectivity index (χ4v) is 3.97. The monoisotopic (exact) mass is 376 g/mol. The van der Waals surface area contributed by atoms with E-state index in [2.05, 4.69) is 39.0 Å². The highest BCUT2D eigenvalue weighted by atomic mass is 16.5. The zero-order valence-corrected chi connectivity index (χ0v) is 17.1. The van der Waals surface area contributed by atoms with Crippen LogP contribution in [-0.4, -0.2) is 84.7 Å². The summed E-state index contributed by atoms with van der Waals surface area (Å²) in [5.74, 6) is 1.68. The molecule has 0 bridgehead atoms. The van der Waals surface area contributed by atoms with Crippen LogP contribution in [0.4, 0.5) is 0 Å². The van der Waals surface area contributed by atoms with Gasteiger partial charge in [-0.15, -0.1) is 0 Å². The van der Waals surface area contributed by atoms with Crippen LogP contribution in [0.2, 0.25) is 0 Å². The Morgan fingerprint density at radius 2 is 1.93 bits per heavy atom. The molecule has 1 aromatic rings. The minimum absolute atomic E-state index is 0.602. The average molecular weight is 377 g/mol. The van der Waals surface area contributed by atoms with E-state index in [1.165, 1.54) is 38.9 Å². The third-order valence-electron chi connectivity index (χ3n) is 5.45. The molecule has 2 fully saturated rings. The Bertz CT molecular complexity index is 547. The fraction of sp³-hybridized carbons (Fsp3) is 0.800. The normalized spacial score (nSPS) is 21.4. The molecule has 1 N–H and O–H groups in total. The summed E-state index contributed by atoms with van der Waals surface area (Å²) in [4.78, 5) is 12.4. The first-order valence-electron chi connectivity index (χ1n) is 10.6. The summed E-state index contributed by atoms with van der Waals surface area (Å²) in [6, 6.07) is 1.95. The molecule has 27 heavy (non-hydrogen) atoms. The van der Waals surface area contributed by atoms with E-state index in [1.54, 1.807) is 6.26 Å². The van der Waals surface area contributed by atoms with Crippen LogP contribution in [0.1, 0.15) is 38.8 Å². The molecule has 1 atom stereocenters. The lowest BCUT2D eigenvalue weighted by molar-refractivity contribution is 0.168. The standard InChI is InChI=1S/C20H36N6O/c1-3-21-20(22-15-18(2)16-24-8-5-4-6-9-24)26-12-10-25(11-13-26)17-19-7-14-27-23-19/h7,14,18H,3-6,8-13,15-17H2,1-2H3,(H,21,22). The van der Waals surface area contributed by atoms with Gasteiger partial charge in [0.15, 0.2) is 5.96 Å². The van der Waals surface area contributed by atoms with Gasteiger partial charge in [0.25, 0.3) is 0 Å². The maximum Gasteiger partial charge on any atom is 0.194 e. The largest absolute Gasteiger partial charge is 0.364 e. The lowest BCUT2D eigenvalue weighted by atomic mass is 10.1. The number of hydrogen-bond donors (Lipinski definition) is 1. The predicted molar refractivity (Wildman–Crippen MR) is 109 cm³/mol. The Kier molecular flexibility index (Phi) is 7.95. The molecule has 0 aromatic carbocycles. The van der Waals surface area contributed by atoms with E-state index < -0.39 is 0 Å². The molecule has 0 spiro atoms. The average Bonchev–Trinajstić information content (AvgIpc) is 3.20. The van der Waals surface area contributed by atoms with Crippen molar-refractivity contribution in [1.29, 1.82) is 0 Å². The van der Waals surface area contributed by atoms with Crippen LogP contribution < -0.4 is 5.32 Å². The van der Waals surface area contributed by atoms with Gasteiger partial charge in [0, 0.05) is 58.4 Å². The van der Waals surface area contributed by atoms with Gasteiger partial charge < -0.3 is 19.6 Å². The smallest absolute Gasteiger partial charge is 0.194 e. The van der Waals surface area contributed by atoms with E-state index in [-0.39, 0.29) is 0 Å². The van der Waals surface area contributed by atoms with Crippen LogP contribution in [0, 0.1) is 5.92 Å². The van der Waals surface area contributed by atoms with Crippen molar-refractivity contribution in [3.8, 4) is 0 Å². The van der Waals surface area contributed by atoms with Crippen molar-refractivity contribution in [2.75, 3.05) is 58.9 Å².